The Morgan fingerprint density at radius 1 is 1.50 bits per heavy atom. The van der Waals surface area contributed by atoms with Gasteiger partial charge in [0.15, 0.2) is 0 Å². The van der Waals surface area contributed by atoms with Crippen LogP contribution in [0.2, 0.25) is 0 Å². The second-order valence-corrected chi connectivity index (χ2v) is 4.99. The summed E-state index contributed by atoms with van der Waals surface area (Å²) in [5.41, 5.74) is -0.133. The molecule has 0 spiro atoms. The van der Waals surface area contributed by atoms with Crippen LogP contribution >= 0.6 is 0 Å². The van der Waals surface area contributed by atoms with Gasteiger partial charge in [0.1, 0.15) is 0 Å². The van der Waals surface area contributed by atoms with Crippen molar-refractivity contribution in [3.63, 3.8) is 0 Å². The molecule has 1 atom stereocenters. The smallest absolute Gasteiger partial charge is 0.233 e. The molecule has 0 aromatic rings. The Balaban J connectivity index is 2.16. The number of aliphatic hydroxyl groups excluding tert-OH is 1. The molecule has 0 aliphatic heterocycles. The van der Waals surface area contributed by atoms with Crippen molar-refractivity contribution in [2.75, 3.05) is 19.7 Å². The summed E-state index contributed by atoms with van der Waals surface area (Å²) in [6.07, 6.45) is 4.10. The van der Waals surface area contributed by atoms with Gasteiger partial charge in [0.05, 0.1) is 6.54 Å². The summed E-state index contributed by atoms with van der Waals surface area (Å²) in [7, 11) is 0. The van der Waals surface area contributed by atoms with Crippen LogP contribution in [0.4, 0.5) is 0 Å². The molecule has 0 bridgehead atoms. The van der Waals surface area contributed by atoms with Gasteiger partial charge in [-0.05, 0) is 38.5 Å². The lowest BCUT2D eigenvalue weighted by Gasteiger charge is -2.28. The molecule has 0 heterocycles. The van der Waals surface area contributed by atoms with Crippen LogP contribution in [0.5, 0.6) is 0 Å². The van der Waals surface area contributed by atoms with Gasteiger partial charge in [0.2, 0.25) is 5.91 Å². The minimum atomic E-state index is -0.133. The molecule has 16 heavy (non-hydrogen) atoms. The monoisotopic (exact) mass is 228 g/mol. The van der Waals surface area contributed by atoms with Crippen molar-refractivity contribution in [2.45, 2.75) is 45.1 Å². The van der Waals surface area contributed by atoms with E-state index in [1.807, 2.05) is 6.92 Å². The highest BCUT2D eigenvalue weighted by atomic mass is 16.3. The average Bonchev–Trinajstić information content (AvgIpc) is 3.08. The lowest BCUT2D eigenvalue weighted by Crippen LogP contribution is -2.47. The first-order valence-corrected chi connectivity index (χ1v) is 6.22. The predicted octanol–water partition coefficient (Wildman–Crippen LogP) is 0.653. The summed E-state index contributed by atoms with van der Waals surface area (Å²) >= 11 is 0. The van der Waals surface area contributed by atoms with E-state index in [-0.39, 0.29) is 18.1 Å². The maximum absolute atomic E-state index is 11.5. The van der Waals surface area contributed by atoms with Crippen LogP contribution in [0.3, 0.4) is 0 Å². The number of aliphatic hydroxyl groups is 1. The maximum Gasteiger partial charge on any atom is 0.233 e. The van der Waals surface area contributed by atoms with Crippen LogP contribution < -0.4 is 10.6 Å². The Hall–Kier alpha value is -0.610. The van der Waals surface area contributed by atoms with Crippen LogP contribution in [0.25, 0.3) is 0 Å². The van der Waals surface area contributed by atoms with Gasteiger partial charge in [-0.2, -0.15) is 0 Å². The quantitative estimate of drug-likeness (QED) is 0.572. The molecule has 94 valence electrons. The van der Waals surface area contributed by atoms with Gasteiger partial charge in [-0.25, -0.2) is 0 Å². The van der Waals surface area contributed by atoms with E-state index >= 15 is 0 Å². The molecule has 0 radical (unpaired) electrons. The second kappa shape index (κ2) is 6.21. The zero-order valence-electron chi connectivity index (χ0n) is 10.4. The normalized spacial score (nSPS) is 19.2. The topological polar surface area (TPSA) is 61.4 Å². The molecule has 1 fully saturated rings. The van der Waals surface area contributed by atoms with Gasteiger partial charge in [-0.1, -0.05) is 6.92 Å². The lowest BCUT2D eigenvalue weighted by atomic mass is 9.95. The van der Waals surface area contributed by atoms with Crippen molar-refractivity contribution in [1.82, 2.24) is 10.6 Å². The van der Waals surface area contributed by atoms with Crippen LogP contribution in [-0.2, 0) is 4.79 Å². The third-order valence-corrected chi connectivity index (χ3v) is 3.40. The molecule has 1 unspecified atom stereocenters. The van der Waals surface area contributed by atoms with E-state index in [2.05, 4.69) is 17.6 Å². The fourth-order valence-electron chi connectivity index (χ4n) is 1.57. The molecule has 0 aromatic carbocycles. The van der Waals surface area contributed by atoms with Crippen molar-refractivity contribution in [3.05, 3.63) is 0 Å². The largest absolute Gasteiger partial charge is 0.396 e. The van der Waals surface area contributed by atoms with E-state index in [4.69, 9.17) is 5.11 Å². The second-order valence-electron chi connectivity index (χ2n) is 4.99. The third kappa shape index (κ3) is 4.94. The molecule has 1 aliphatic rings. The minimum absolute atomic E-state index is 0.0597. The van der Waals surface area contributed by atoms with Crippen molar-refractivity contribution >= 4 is 5.91 Å². The van der Waals surface area contributed by atoms with Crippen LogP contribution in [-0.4, -0.2) is 36.2 Å². The number of amides is 1. The molecule has 4 heteroatoms. The van der Waals surface area contributed by atoms with Crippen molar-refractivity contribution in [2.24, 2.45) is 5.92 Å². The molecular formula is C12H24N2O2. The summed E-state index contributed by atoms with van der Waals surface area (Å²) in [4.78, 5) is 11.5. The molecule has 0 saturated heterocycles. The van der Waals surface area contributed by atoms with E-state index in [0.717, 1.165) is 18.9 Å². The summed E-state index contributed by atoms with van der Waals surface area (Å²) in [6, 6.07) is 0. The molecule has 4 nitrogen and oxygen atoms in total. The first-order chi connectivity index (χ1) is 7.59. The lowest BCUT2D eigenvalue weighted by molar-refractivity contribution is -0.120. The third-order valence-electron chi connectivity index (χ3n) is 3.40. The highest BCUT2D eigenvalue weighted by molar-refractivity contribution is 5.78. The Kier molecular flexibility index (Phi) is 5.22. The summed E-state index contributed by atoms with van der Waals surface area (Å²) < 4.78 is 0. The predicted molar refractivity (Wildman–Crippen MR) is 64.1 cm³/mol. The van der Waals surface area contributed by atoms with Gasteiger partial charge < -0.3 is 15.7 Å². The van der Waals surface area contributed by atoms with Gasteiger partial charge in [-0.15, -0.1) is 0 Å². The Morgan fingerprint density at radius 2 is 2.19 bits per heavy atom. The fraction of sp³-hybridized carbons (Fsp3) is 0.917. The number of rotatable bonds is 8. The Labute approximate surface area is 97.8 Å². The Bertz CT molecular complexity index is 229. The number of hydrogen-bond acceptors (Lipinski definition) is 3. The first-order valence-electron chi connectivity index (χ1n) is 6.22. The maximum atomic E-state index is 11.5. The molecule has 3 N–H and O–H groups in total. The van der Waals surface area contributed by atoms with E-state index in [1.54, 1.807) is 0 Å². The van der Waals surface area contributed by atoms with Gasteiger partial charge in [0.25, 0.3) is 0 Å². The zero-order chi connectivity index (χ0) is 12.0. The first kappa shape index (κ1) is 13.5. The average molecular weight is 228 g/mol. The van der Waals surface area contributed by atoms with Crippen molar-refractivity contribution in [1.29, 1.82) is 0 Å². The van der Waals surface area contributed by atoms with Gasteiger partial charge in [-0.3, -0.25) is 4.79 Å². The fourth-order valence-corrected chi connectivity index (χ4v) is 1.57. The SMILES string of the molecule is CCC(C)(CCO)NCC(=O)NCC1CC1. The highest BCUT2D eigenvalue weighted by Gasteiger charge is 2.23. The summed E-state index contributed by atoms with van der Waals surface area (Å²) in [5, 5.41) is 15.1. The van der Waals surface area contributed by atoms with E-state index in [9.17, 15) is 4.79 Å². The van der Waals surface area contributed by atoms with Crippen LogP contribution in [0.15, 0.2) is 0 Å². The molecule has 1 rings (SSSR count). The van der Waals surface area contributed by atoms with E-state index < -0.39 is 0 Å². The Morgan fingerprint density at radius 3 is 2.69 bits per heavy atom. The number of hydrogen-bond donors (Lipinski definition) is 3. The summed E-state index contributed by atoms with van der Waals surface area (Å²) in [5.74, 6) is 0.781. The number of carbonyl (C=O) groups excluding carboxylic acids is 1. The molecule has 1 saturated carbocycles. The number of nitrogens with one attached hydrogen (secondary N) is 2. The van der Waals surface area contributed by atoms with Crippen molar-refractivity contribution in [3.8, 4) is 0 Å². The van der Waals surface area contributed by atoms with Crippen LogP contribution in [0, 0.1) is 5.92 Å². The molecule has 1 aliphatic carbocycles. The number of carbonyl (C=O) groups is 1. The zero-order valence-corrected chi connectivity index (χ0v) is 10.4. The van der Waals surface area contributed by atoms with E-state index in [1.165, 1.54) is 12.8 Å². The van der Waals surface area contributed by atoms with E-state index in [0.29, 0.717) is 13.0 Å². The molecule has 1 amide bonds. The highest BCUT2D eigenvalue weighted by Crippen LogP contribution is 2.27. The van der Waals surface area contributed by atoms with Gasteiger partial charge in [0, 0.05) is 18.7 Å². The standard InChI is InChI=1S/C12H24N2O2/c1-3-12(2,6-7-15)14-9-11(16)13-8-10-4-5-10/h10,14-15H,3-9H2,1-2H3,(H,13,16). The van der Waals surface area contributed by atoms with Crippen molar-refractivity contribution < 1.29 is 9.90 Å². The summed E-state index contributed by atoms with van der Waals surface area (Å²) in [6.45, 7) is 5.42. The van der Waals surface area contributed by atoms with Crippen LogP contribution in [0.1, 0.15) is 39.5 Å². The molecule has 0 aromatic heterocycles. The minimum Gasteiger partial charge on any atom is -0.396 e. The van der Waals surface area contributed by atoms with Gasteiger partial charge >= 0.3 is 0 Å². The molecular weight excluding hydrogens is 204 g/mol.